The number of amides is 1. The normalized spacial score (nSPS) is 18.9. The molecular formula is C15H22N2O. The van der Waals surface area contributed by atoms with Gasteiger partial charge in [-0.15, -0.1) is 0 Å². The van der Waals surface area contributed by atoms with Crippen molar-refractivity contribution in [2.24, 2.45) is 0 Å². The first-order valence-electron chi connectivity index (χ1n) is 6.72. The number of fused-ring (bicyclic) bond motifs is 1. The third-order valence-electron chi connectivity index (χ3n) is 3.51. The van der Waals surface area contributed by atoms with Gasteiger partial charge in [-0.2, -0.15) is 0 Å². The van der Waals surface area contributed by atoms with Crippen molar-refractivity contribution in [3.63, 3.8) is 0 Å². The number of carbonyl (C=O) groups is 1. The van der Waals surface area contributed by atoms with Gasteiger partial charge in [0.15, 0.2) is 0 Å². The van der Waals surface area contributed by atoms with Crippen molar-refractivity contribution in [3.05, 3.63) is 29.8 Å². The van der Waals surface area contributed by atoms with Gasteiger partial charge in [-0.3, -0.25) is 4.79 Å². The van der Waals surface area contributed by atoms with Crippen LogP contribution in [0, 0.1) is 0 Å². The van der Waals surface area contributed by atoms with E-state index in [1.54, 1.807) is 0 Å². The topological polar surface area (TPSA) is 32.3 Å². The van der Waals surface area contributed by atoms with E-state index >= 15 is 0 Å². The molecule has 18 heavy (non-hydrogen) atoms. The zero-order valence-corrected chi connectivity index (χ0v) is 11.4. The quantitative estimate of drug-likeness (QED) is 0.889. The van der Waals surface area contributed by atoms with Gasteiger partial charge in [0.05, 0.1) is 6.54 Å². The van der Waals surface area contributed by atoms with E-state index in [-0.39, 0.29) is 5.91 Å². The summed E-state index contributed by atoms with van der Waals surface area (Å²) in [4.78, 5) is 14.2. The van der Waals surface area contributed by atoms with Crippen LogP contribution in [0.2, 0.25) is 0 Å². The molecule has 1 N–H and O–H groups in total. The van der Waals surface area contributed by atoms with Gasteiger partial charge in [0.1, 0.15) is 0 Å². The standard InChI is InChI=1S/C15H22N2O/c1-11(2)16-10-15(18)17-9-8-12(3)13-6-4-5-7-14(13)17/h4-7,11-12,16H,8-10H2,1-3H3. The predicted molar refractivity (Wildman–Crippen MR) is 75.0 cm³/mol. The monoisotopic (exact) mass is 246 g/mol. The second-order valence-corrected chi connectivity index (χ2v) is 5.33. The molecule has 98 valence electrons. The summed E-state index contributed by atoms with van der Waals surface area (Å²) in [6, 6.07) is 8.59. The molecule has 0 saturated heterocycles. The van der Waals surface area contributed by atoms with E-state index in [0.29, 0.717) is 18.5 Å². The minimum Gasteiger partial charge on any atom is -0.311 e. The summed E-state index contributed by atoms with van der Waals surface area (Å²) in [6.45, 7) is 7.59. The lowest BCUT2D eigenvalue weighted by atomic mass is 9.91. The lowest BCUT2D eigenvalue weighted by Gasteiger charge is -2.33. The highest BCUT2D eigenvalue weighted by molar-refractivity contribution is 5.96. The van der Waals surface area contributed by atoms with E-state index in [9.17, 15) is 4.79 Å². The van der Waals surface area contributed by atoms with E-state index < -0.39 is 0 Å². The first-order chi connectivity index (χ1) is 8.59. The van der Waals surface area contributed by atoms with Gasteiger partial charge in [0, 0.05) is 18.3 Å². The van der Waals surface area contributed by atoms with Gasteiger partial charge in [-0.05, 0) is 24.0 Å². The van der Waals surface area contributed by atoms with Crippen molar-refractivity contribution in [3.8, 4) is 0 Å². The minimum atomic E-state index is 0.169. The van der Waals surface area contributed by atoms with E-state index in [4.69, 9.17) is 0 Å². The lowest BCUT2D eigenvalue weighted by molar-refractivity contribution is -0.118. The second kappa shape index (κ2) is 5.53. The van der Waals surface area contributed by atoms with Crippen molar-refractivity contribution >= 4 is 11.6 Å². The molecule has 0 bridgehead atoms. The Labute approximate surface area is 109 Å². The summed E-state index contributed by atoms with van der Waals surface area (Å²) >= 11 is 0. The summed E-state index contributed by atoms with van der Waals surface area (Å²) < 4.78 is 0. The number of para-hydroxylation sites is 1. The molecule has 0 aromatic heterocycles. The molecule has 0 fully saturated rings. The molecule has 1 aromatic carbocycles. The molecule has 1 aliphatic heterocycles. The number of benzene rings is 1. The molecule has 0 aliphatic carbocycles. The molecule has 0 spiro atoms. The maximum Gasteiger partial charge on any atom is 0.240 e. The maximum absolute atomic E-state index is 12.2. The summed E-state index contributed by atoms with van der Waals surface area (Å²) in [6.07, 6.45) is 1.05. The van der Waals surface area contributed by atoms with E-state index in [1.807, 2.05) is 11.0 Å². The van der Waals surface area contributed by atoms with Crippen molar-refractivity contribution in [2.75, 3.05) is 18.0 Å². The van der Waals surface area contributed by atoms with Crippen molar-refractivity contribution in [1.29, 1.82) is 0 Å². The Balaban J connectivity index is 2.15. The molecule has 3 nitrogen and oxygen atoms in total. The summed E-state index contributed by atoms with van der Waals surface area (Å²) in [5.41, 5.74) is 2.38. The Morgan fingerprint density at radius 2 is 2.17 bits per heavy atom. The van der Waals surface area contributed by atoms with Gasteiger partial charge in [0.2, 0.25) is 5.91 Å². The number of nitrogens with zero attached hydrogens (tertiary/aromatic N) is 1. The van der Waals surface area contributed by atoms with Crippen LogP contribution in [0.5, 0.6) is 0 Å². The number of carbonyl (C=O) groups excluding carboxylic acids is 1. The molecule has 1 aromatic rings. The fourth-order valence-electron chi connectivity index (χ4n) is 2.39. The van der Waals surface area contributed by atoms with Crippen LogP contribution in [0.15, 0.2) is 24.3 Å². The summed E-state index contributed by atoms with van der Waals surface area (Å²) in [7, 11) is 0. The Kier molecular flexibility index (Phi) is 4.02. The number of anilines is 1. The Bertz CT molecular complexity index is 428. The number of nitrogens with one attached hydrogen (secondary N) is 1. The number of rotatable bonds is 3. The molecule has 1 heterocycles. The molecule has 0 radical (unpaired) electrons. The average Bonchev–Trinajstić information content (AvgIpc) is 2.37. The van der Waals surface area contributed by atoms with Crippen molar-refractivity contribution in [1.82, 2.24) is 5.32 Å². The zero-order valence-electron chi connectivity index (χ0n) is 11.4. The zero-order chi connectivity index (χ0) is 13.1. The molecule has 2 rings (SSSR count). The van der Waals surface area contributed by atoms with Gasteiger partial charge in [-0.1, -0.05) is 39.0 Å². The summed E-state index contributed by atoms with van der Waals surface area (Å²) in [5.74, 6) is 0.714. The Morgan fingerprint density at radius 1 is 1.44 bits per heavy atom. The fraction of sp³-hybridized carbons (Fsp3) is 0.533. The smallest absolute Gasteiger partial charge is 0.240 e. The van der Waals surface area contributed by atoms with Crippen LogP contribution in [-0.2, 0) is 4.79 Å². The van der Waals surface area contributed by atoms with E-state index in [0.717, 1.165) is 18.7 Å². The van der Waals surface area contributed by atoms with Crippen LogP contribution in [0.3, 0.4) is 0 Å². The highest BCUT2D eigenvalue weighted by Gasteiger charge is 2.25. The average molecular weight is 246 g/mol. The van der Waals surface area contributed by atoms with Crippen molar-refractivity contribution < 1.29 is 4.79 Å². The molecule has 3 heteroatoms. The molecule has 1 aliphatic rings. The molecule has 1 amide bonds. The highest BCUT2D eigenvalue weighted by Crippen LogP contribution is 2.34. The predicted octanol–water partition coefficient (Wildman–Crippen LogP) is 2.52. The van der Waals surface area contributed by atoms with Gasteiger partial charge < -0.3 is 10.2 Å². The van der Waals surface area contributed by atoms with Gasteiger partial charge in [0.25, 0.3) is 0 Å². The molecule has 1 unspecified atom stereocenters. The van der Waals surface area contributed by atoms with E-state index in [1.165, 1.54) is 5.56 Å². The Hall–Kier alpha value is -1.35. The van der Waals surface area contributed by atoms with Gasteiger partial charge >= 0.3 is 0 Å². The first kappa shape index (κ1) is 13.1. The van der Waals surface area contributed by atoms with Crippen LogP contribution in [0.1, 0.15) is 38.7 Å². The number of hydrogen-bond donors (Lipinski definition) is 1. The van der Waals surface area contributed by atoms with Gasteiger partial charge in [-0.25, -0.2) is 0 Å². The highest BCUT2D eigenvalue weighted by atomic mass is 16.2. The maximum atomic E-state index is 12.2. The number of hydrogen-bond acceptors (Lipinski definition) is 2. The lowest BCUT2D eigenvalue weighted by Crippen LogP contribution is -2.43. The molecule has 1 atom stereocenters. The molecule has 0 saturated carbocycles. The SMILES string of the molecule is CC(C)NCC(=O)N1CCC(C)c2ccccc21. The van der Waals surface area contributed by atoms with Crippen LogP contribution in [0.25, 0.3) is 0 Å². The fourth-order valence-corrected chi connectivity index (χ4v) is 2.39. The Morgan fingerprint density at radius 3 is 2.89 bits per heavy atom. The molecular weight excluding hydrogens is 224 g/mol. The third-order valence-corrected chi connectivity index (χ3v) is 3.51. The van der Waals surface area contributed by atoms with Crippen molar-refractivity contribution in [2.45, 2.75) is 39.2 Å². The van der Waals surface area contributed by atoms with Crippen LogP contribution in [-0.4, -0.2) is 25.0 Å². The second-order valence-electron chi connectivity index (χ2n) is 5.33. The first-order valence-corrected chi connectivity index (χ1v) is 6.72. The summed E-state index contributed by atoms with van der Waals surface area (Å²) in [5, 5.41) is 3.19. The third kappa shape index (κ3) is 2.72. The van der Waals surface area contributed by atoms with Crippen LogP contribution >= 0.6 is 0 Å². The van der Waals surface area contributed by atoms with E-state index in [2.05, 4.69) is 44.3 Å². The van der Waals surface area contributed by atoms with Crippen LogP contribution < -0.4 is 10.2 Å². The van der Waals surface area contributed by atoms with Crippen LogP contribution in [0.4, 0.5) is 5.69 Å². The largest absolute Gasteiger partial charge is 0.311 e. The minimum absolute atomic E-state index is 0.169.